The monoisotopic (exact) mass is 337 g/mol. The molecule has 0 spiro atoms. The summed E-state index contributed by atoms with van der Waals surface area (Å²) in [6.07, 6.45) is 2.00. The summed E-state index contributed by atoms with van der Waals surface area (Å²) in [6, 6.07) is 30.4. The number of hydrogen-bond acceptors (Lipinski definition) is 1. The van der Waals surface area contributed by atoms with Crippen LogP contribution in [0.3, 0.4) is 0 Å². The molecule has 0 heterocycles. The third-order valence-corrected chi connectivity index (χ3v) is 4.94. The van der Waals surface area contributed by atoms with Crippen LogP contribution in [0.2, 0.25) is 0 Å². The van der Waals surface area contributed by atoms with Crippen LogP contribution in [0.25, 0.3) is 21.5 Å². The van der Waals surface area contributed by atoms with Crippen molar-refractivity contribution in [2.24, 2.45) is 0 Å². The van der Waals surface area contributed by atoms with Crippen LogP contribution in [0.5, 0.6) is 0 Å². The zero-order valence-electron chi connectivity index (χ0n) is 14.9. The molecule has 1 heteroatoms. The van der Waals surface area contributed by atoms with E-state index in [0.717, 1.165) is 19.6 Å². The Morgan fingerprint density at radius 2 is 1.08 bits per heavy atom. The Bertz CT molecular complexity index is 956. The molecule has 0 aliphatic heterocycles. The van der Waals surface area contributed by atoms with Crippen LogP contribution in [0.15, 0.2) is 97.6 Å². The predicted octanol–water partition coefficient (Wildman–Crippen LogP) is 6.18. The number of fused-ring (bicyclic) bond motifs is 2. The molecule has 4 rings (SSSR count). The molecule has 0 radical (unpaired) electrons. The lowest BCUT2D eigenvalue weighted by molar-refractivity contribution is 0.288. The first-order valence-electron chi connectivity index (χ1n) is 9.12. The van der Waals surface area contributed by atoms with Gasteiger partial charge in [0.25, 0.3) is 0 Å². The Morgan fingerprint density at radius 3 is 1.58 bits per heavy atom. The van der Waals surface area contributed by atoms with Crippen molar-refractivity contribution in [3.63, 3.8) is 0 Å². The van der Waals surface area contributed by atoms with Gasteiger partial charge < -0.3 is 0 Å². The second-order valence-electron chi connectivity index (χ2n) is 6.73. The van der Waals surface area contributed by atoms with Crippen LogP contribution in [0, 0.1) is 0 Å². The second kappa shape index (κ2) is 7.55. The summed E-state index contributed by atoms with van der Waals surface area (Å²) in [5.74, 6) is 0. The average Bonchev–Trinajstić information content (AvgIpc) is 2.69. The van der Waals surface area contributed by atoms with Gasteiger partial charge in [-0.05, 0) is 32.7 Å². The van der Waals surface area contributed by atoms with Crippen LogP contribution < -0.4 is 0 Å². The molecule has 0 unspecified atom stereocenters. The van der Waals surface area contributed by atoms with E-state index in [1.165, 1.54) is 32.7 Å². The van der Waals surface area contributed by atoms with E-state index in [-0.39, 0.29) is 0 Å². The third kappa shape index (κ3) is 3.40. The van der Waals surface area contributed by atoms with Gasteiger partial charge >= 0.3 is 0 Å². The molecule has 0 saturated heterocycles. The van der Waals surface area contributed by atoms with Gasteiger partial charge in [-0.15, -0.1) is 6.58 Å². The molecule has 4 aromatic carbocycles. The fourth-order valence-corrected chi connectivity index (χ4v) is 3.71. The van der Waals surface area contributed by atoms with Gasteiger partial charge in [-0.25, -0.2) is 0 Å². The minimum atomic E-state index is 0.868. The maximum atomic E-state index is 3.97. The summed E-state index contributed by atoms with van der Waals surface area (Å²) in [5, 5.41) is 5.27. The Kier molecular flexibility index (Phi) is 4.81. The van der Waals surface area contributed by atoms with Gasteiger partial charge in [0.05, 0.1) is 0 Å². The molecule has 0 fully saturated rings. The highest BCUT2D eigenvalue weighted by atomic mass is 15.1. The molecule has 4 aromatic rings. The summed E-state index contributed by atoms with van der Waals surface area (Å²) in [4.78, 5) is 2.45. The Balaban J connectivity index is 1.66. The number of benzene rings is 4. The number of rotatable bonds is 6. The molecular formula is C25H23N. The van der Waals surface area contributed by atoms with Gasteiger partial charge in [0.15, 0.2) is 0 Å². The lowest BCUT2D eigenvalue weighted by Gasteiger charge is -2.22. The Labute approximate surface area is 155 Å². The highest BCUT2D eigenvalue weighted by Crippen LogP contribution is 2.23. The van der Waals surface area contributed by atoms with Crippen molar-refractivity contribution in [1.29, 1.82) is 0 Å². The molecule has 0 atom stereocenters. The maximum Gasteiger partial charge on any atom is 0.0246 e. The fraction of sp³-hybridized carbons (Fsp3) is 0.120. The van der Waals surface area contributed by atoms with Crippen molar-refractivity contribution in [1.82, 2.24) is 4.90 Å². The summed E-state index contributed by atoms with van der Waals surface area (Å²) < 4.78 is 0. The Morgan fingerprint density at radius 1 is 0.615 bits per heavy atom. The first-order chi connectivity index (χ1) is 12.8. The van der Waals surface area contributed by atoms with Crippen LogP contribution in [0.1, 0.15) is 11.1 Å². The summed E-state index contributed by atoms with van der Waals surface area (Å²) in [6.45, 7) is 6.66. The SMILES string of the molecule is C=CCN(Cc1cccc2ccccc12)Cc1cccc2ccccc12. The summed E-state index contributed by atoms with van der Waals surface area (Å²) in [5.41, 5.74) is 2.73. The van der Waals surface area contributed by atoms with E-state index in [1.807, 2.05) is 6.08 Å². The lowest BCUT2D eigenvalue weighted by Crippen LogP contribution is -2.23. The topological polar surface area (TPSA) is 3.24 Å². The highest BCUT2D eigenvalue weighted by Gasteiger charge is 2.10. The van der Waals surface area contributed by atoms with Crippen molar-refractivity contribution in [3.05, 3.63) is 109 Å². The largest absolute Gasteiger partial charge is 0.291 e. The van der Waals surface area contributed by atoms with Crippen LogP contribution in [0.4, 0.5) is 0 Å². The minimum absolute atomic E-state index is 0.868. The van der Waals surface area contributed by atoms with Gasteiger partial charge in [-0.3, -0.25) is 4.90 Å². The molecule has 26 heavy (non-hydrogen) atoms. The van der Waals surface area contributed by atoms with E-state index in [0.29, 0.717) is 0 Å². The van der Waals surface area contributed by atoms with Crippen LogP contribution >= 0.6 is 0 Å². The zero-order valence-corrected chi connectivity index (χ0v) is 14.9. The minimum Gasteiger partial charge on any atom is -0.291 e. The standard InChI is InChI=1S/C25H23N/c1-2-17-26(18-22-13-7-11-20-9-3-5-15-24(20)22)19-23-14-8-12-21-10-4-6-16-25(21)23/h2-16H,1,17-19H2. The van der Waals surface area contributed by atoms with E-state index in [4.69, 9.17) is 0 Å². The third-order valence-electron chi connectivity index (χ3n) is 4.94. The molecule has 0 bridgehead atoms. The van der Waals surface area contributed by atoms with Gasteiger partial charge in [-0.1, -0.05) is 91.0 Å². The smallest absolute Gasteiger partial charge is 0.0246 e. The quantitative estimate of drug-likeness (QED) is 0.380. The molecule has 0 amide bonds. The van der Waals surface area contributed by atoms with E-state index < -0.39 is 0 Å². The summed E-state index contributed by atoms with van der Waals surface area (Å²) in [7, 11) is 0. The van der Waals surface area contributed by atoms with Crippen molar-refractivity contribution >= 4 is 21.5 Å². The molecule has 0 saturated carbocycles. The van der Waals surface area contributed by atoms with Crippen LogP contribution in [-0.2, 0) is 13.1 Å². The van der Waals surface area contributed by atoms with Crippen molar-refractivity contribution in [2.75, 3.05) is 6.54 Å². The van der Waals surface area contributed by atoms with Crippen molar-refractivity contribution < 1.29 is 0 Å². The van der Waals surface area contributed by atoms with Gasteiger partial charge in [0, 0.05) is 19.6 Å². The van der Waals surface area contributed by atoms with E-state index in [1.54, 1.807) is 0 Å². The molecule has 1 nitrogen and oxygen atoms in total. The number of nitrogens with zero attached hydrogens (tertiary/aromatic N) is 1. The lowest BCUT2D eigenvalue weighted by atomic mass is 10.0. The van der Waals surface area contributed by atoms with Gasteiger partial charge in [0.1, 0.15) is 0 Å². The molecule has 0 aromatic heterocycles. The highest BCUT2D eigenvalue weighted by molar-refractivity contribution is 5.86. The average molecular weight is 337 g/mol. The fourth-order valence-electron chi connectivity index (χ4n) is 3.71. The maximum absolute atomic E-state index is 3.97. The van der Waals surface area contributed by atoms with Crippen LogP contribution in [-0.4, -0.2) is 11.4 Å². The van der Waals surface area contributed by atoms with Crippen molar-refractivity contribution in [3.8, 4) is 0 Å². The van der Waals surface area contributed by atoms with Gasteiger partial charge in [0.2, 0.25) is 0 Å². The van der Waals surface area contributed by atoms with E-state index >= 15 is 0 Å². The van der Waals surface area contributed by atoms with E-state index in [2.05, 4.69) is 96.4 Å². The predicted molar refractivity (Wildman–Crippen MR) is 112 cm³/mol. The summed E-state index contributed by atoms with van der Waals surface area (Å²) >= 11 is 0. The van der Waals surface area contributed by atoms with E-state index in [9.17, 15) is 0 Å². The first kappa shape index (κ1) is 16.6. The Hall–Kier alpha value is -2.90. The second-order valence-corrected chi connectivity index (χ2v) is 6.73. The number of hydrogen-bond donors (Lipinski definition) is 0. The molecule has 0 aliphatic rings. The molecule has 0 N–H and O–H groups in total. The molecular weight excluding hydrogens is 314 g/mol. The molecule has 0 aliphatic carbocycles. The molecule has 128 valence electrons. The first-order valence-corrected chi connectivity index (χ1v) is 9.12. The normalized spacial score (nSPS) is 11.3. The van der Waals surface area contributed by atoms with Gasteiger partial charge in [-0.2, -0.15) is 0 Å². The zero-order chi connectivity index (χ0) is 17.8. The van der Waals surface area contributed by atoms with Crippen molar-refractivity contribution in [2.45, 2.75) is 13.1 Å².